The van der Waals surface area contributed by atoms with Gasteiger partial charge in [0.15, 0.2) is 5.82 Å². The predicted molar refractivity (Wildman–Crippen MR) is 79.6 cm³/mol. The van der Waals surface area contributed by atoms with Crippen LogP contribution in [0.2, 0.25) is 0 Å². The SMILES string of the molecule is COc1ccccc1Cc1noc(C2(C)CCNCC2)n1. The molecular formula is C16H21N3O2. The van der Waals surface area contributed by atoms with Gasteiger partial charge in [-0.25, -0.2) is 0 Å². The number of para-hydroxylation sites is 1. The van der Waals surface area contributed by atoms with Gasteiger partial charge in [-0.1, -0.05) is 30.3 Å². The normalized spacial score (nSPS) is 17.6. The first-order valence-electron chi connectivity index (χ1n) is 7.37. The molecule has 3 rings (SSSR count). The standard InChI is InChI=1S/C16H21N3O2/c1-16(7-9-17-10-8-16)15-18-14(19-21-15)11-12-5-3-4-6-13(12)20-2/h3-6,17H,7-11H2,1-2H3. The molecule has 2 aromatic rings. The van der Waals surface area contributed by atoms with E-state index in [-0.39, 0.29) is 5.41 Å². The molecule has 1 N–H and O–H groups in total. The molecule has 0 unspecified atom stereocenters. The van der Waals surface area contributed by atoms with Gasteiger partial charge >= 0.3 is 0 Å². The van der Waals surface area contributed by atoms with Crippen LogP contribution in [0.3, 0.4) is 0 Å². The van der Waals surface area contributed by atoms with Crippen LogP contribution in [0, 0.1) is 0 Å². The number of ether oxygens (including phenoxy) is 1. The molecule has 1 aromatic heterocycles. The van der Waals surface area contributed by atoms with Gasteiger partial charge in [0.2, 0.25) is 5.89 Å². The summed E-state index contributed by atoms with van der Waals surface area (Å²) in [6, 6.07) is 7.93. The van der Waals surface area contributed by atoms with E-state index < -0.39 is 0 Å². The third-order valence-corrected chi connectivity index (χ3v) is 4.23. The van der Waals surface area contributed by atoms with Crippen LogP contribution in [-0.2, 0) is 11.8 Å². The van der Waals surface area contributed by atoms with E-state index in [0.29, 0.717) is 12.2 Å². The number of nitrogens with zero attached hydrogens (tertiary/aromatic N) is 2. The van der Waals surface area contributed by atoms with Gasteiger partial charge in [0, 0.05) is 17.4 Å². The molecule has 21 heavy (non-hydrogen) atoms. The summed E-state index contributed by atoms with van der Waals surface area (Å²) in [5, 5.41) is 7.51. The van der Waals surface area contributed by atoms with Gasteiger partial charge in [-0.05, 0) is 32.0 Å². The minimum Gasteiger partial charge on any atom is -0.496 e. The molecule has 0 atom stereocenters. The Bertz CT molecular complexity index is 603. The summed E-state index contributed by atoms with van der Waals surface area (Å²) >= 11 is 0. The summed E-state index contributed by atoms with van der Waals surface area (Å²) in [7, 11) is 1.68. The smallest absolute Gasteiger partial charge is 0.232 e. The summed E-state index contributed by atoms with van der Waals surface area (Å²) in [5.74, 6) is 2.33. The number of nitrogens with one attached hydrogen (secondary N) is 1. The molecule has 0 amide bonds. The molecule has 112 valence electrons. The fraction of sp³-hybridized carbons (Fsp3) is 0.500. The zero-order chi connectivity index (χ0) is 14.7. The van der Waals surface area contributed by atoms with Crippen molar-refractivity contribution in [1.82, 2.24) is 15.5 Å². The maximum Gasteiger partial charge on any atom is 0.232 e. The largest absolute Gasteiger partial charge is 0.496 e. The third-order valence-electron chi connectivity index (χ3n) is 4.23. The Morgan fingerprint density at radius 3 is 2.81 bits per heavy atom. The van der Waals surface area contributed by atoms with Crippen molar-refractivity contribution in [2.75, 3.05) is 20.2 Å². The number of piperidine rings is 1. The van der Waals surface area contributed by atoms with Crippen LogP contribution in [-0.4, -0.2) is 30.3 Å². The maximum atomic E-state index is 5.52. The van der Waals surface area contributed by atoms with Crippen molar-refractivity contribution in [2.45, 2.75) is 31.6 Å². The molecule has 0 saturated carbocycles. The second-order valence-corrected chi connectivity index (χ2v) is 5.82. The molecule has 1 aliphatic rings. The van der Waals surface area contributed by atoms with Crippen molar-refractivity contribution in [3.05, 3.63) is 41.5 Å². The molecule has 0 bridgehead atoms. The highest BCUT2D eigenvalue weighted by molar-refractivity contribution is 5.35. The Morgan fingerprint density at radius 2 is 2.05 bits per heavy atom. The van der Waals surface area contributed by atoms with E-state index in [1.54, 1.807) is 7.11 Å². The van der Waals surface area contributed by atoms with Crippen LogP contribution in [0.15, 0.2) is 28.8 Å². The van der Waals surface area contributed by atoms with Crippen LogP contribution in [0.4, 0.5) is 0 Å². The molecule has 1 fully saturated rings. The maximum absolute atomic E-state index is 5.52. The summed E-state index contributed by atoms with van der Waals surface area (Å²) in [5.41, 5.74) is 1.07. The van der Waals surface area contributed by atoms with E-state index in [1.165, 1.54) is 0 Å². The van der Waals surface area contributed by atoms with Gasteiger partial charge < -0.3 is 14.6 Å². The van der Waals surface area contributed by atoms with Crippen LogP contribution < -0.4 is 10.1 Å². The first-order chi connectivity index (χ1) is 10.2. The molecule has 0 spiro atoms. The average Bonchev–Trinajstić information content (AvgIpc) is 2.98. The summed E-state index contributed by atoms with van der Waals surface area (Å²) in [6.45, 7) is 4.20. The van der Waals surface area contributed by atoms with Gasteiger partial charge in [0.25, 0.3) is 0 Å². The van der Waals surface area contributed by atoms with Crippen molar-refractivity contribution in [3.63, 3.8) is 0 Å². The van der Waals surface area contributed by atoms with Crippen molar-refractivity contribution in [2.24, 2.45) is 0 Å². The molecule has 0 aliphatic carbocycles. The Labute approximate surface area is 124 Å². The van der Waals surface area contributed by atoms with E-state index >= 15 is 0 Å². The Kier molecular flexibility index (Phi) is 3.92. The lowest BCUT2D eigenvalue weighted by molar-refractivity contribution is 0.240. The number of aromatic nitrogens is 2. The number of hydrogen-bond donors (Lipinski definition) is 1. The lowest BCUT2D eigenvalue weighted by atomic mass is 9.81. The van der Waals surface area contributed by atoms with Crippen molar-refractivity contribution in [1.29, 1.82) is 0 Å². The van der Waals surface area contributed by atoms with Crippen LogP contribution in [0.5, 0.6) is 5.75 Å². The highest BCUT2D eigenvalue weighted by Crippen LogP contribution is 2.31. The van der Waals surface area contributed by atoms with Crippen LogP contribution in [0.25, 0.3) is 0 Å². The third kappa shape index (κ3) is 2.93. The van der Waals surface area contributed by atoms with Crippen molar-refractivity contribution < 1.29 is 9.26 Å². The van der Waals surface area contributed by atoms with E-state index in [4.69, 9.17) is 9.26 Å². The highest BCUT2D eigenvalue weighted by Gasteiger charge is 2.34. The minimum atomic E-state index is -0.00270. The van der Waals surface area contributed by atoms with E-state index in [2.05, 4.69) is 22.4 Å². The zero-order valence-electron chi connectivity index (χ0n) is 12.6. The van der Waals surface area contributed by atoms with Crippen LogP contribution in [0.1, 0.15) is 37.0 Å². The number of rotatable bonds is 4. The summed E-state index contributed by atoms with van der Waals surface area (Å²) in [4.78, 5) is 4.62. The van der Waals surface area contributed by atoms with Gasteiger partial charge in [-0.3, -0.25) is 0 Å². The Hall–Kier alpha value is -1.88. The molecule has 0 radical (unpaired) electrons. The predicted octanol–water partition coefficient (Wildman–Crippen LogP) is 2.31. The molecule has 1 saturated heterocycles. The zero-order valence-corrected chi connectivity index (χ0v) is 12.6. The number of hydrogen-bond acceptors (Lipinski definition) is 5. The van der Waals surface area contributed by atoms with Gasteiger partial charge in [0.1, 0.15) is 5.75 Å². The van der Waals surface area contributed by atoms with Crippen molar-refractivity contribution >= 4 is 0 Å². The summed E-state index contributed by atoms with van der Waals surface area (Å²) in [6.07, 6.45) is 2.69. The van der Waals surface area contributed by atoms with E-state index in [9.17, 15) is 0 Å². The highest BCUT2D eigenvalue weighted by atomic mass is 16.5. The van der Waals surface area contributed by atoms with Crippen LogP contribution >= 0.6 is 0 Å². The second kappa shape index (κ2) is 5.85. The van der Waals surface area contributed by atoms with Gasteiger partial charge in [-0.15, -0.1) is 0 Å². The molecule has 1 aliphatic heterocycles. The molecule has 1 aromatic carbocycles. The van der Waals surface area contributed by atoms with Gasteiger partial charge in [0.05, 0.1) is 7.11 Å². The first kappa shape index (κ1) is 14.1. The lowest BCUT2D eigenvalue weighted by Gasteiger charge is -2.30. The first-order valence-corrected chi connectivity index (χ1v) is 7.37. The average molecular weight is 287 g/mol. The van der Waals surface area contributed by atoms with Gasteiger partial charge in [-0.2, -0.15) is 4.98 Å². The van der Waals surface area contributed by atoms with Crippen molar-refractivity contribution in [3.8, 4) is 5.75 Å². The second-order valence-electron chi connectivity index (χ2n) is 5.82. The number of benzene rings is 1. The fourth-order valence-electron chi connectivity index (χ4n) is 2.78. The minimum absolute atomic E-state index is 0.00270. The Balaban J connectivity index is 1.79. The summed E-state index contributed by atoms with van der Waals surface area (Å²) < 4.78 is 10.9. The Morgan fingerprint density at radius 1 is 1.29 bits per heavy atom. The monoisotopic (exact) mass is 287 g/mol. The number of methoxy groups -OCH3 is 1. The fourth-order valence-corrected chi connectivity index (χ4v) is 2.78. The molecule has 5 nitrogen and oxygen atoms in total. The van der Waals surface area contributed by atoms with E-state index in [1.807, 2.05) is 24.3 Å². The quantitative estimate of drug-likeness (QED) is 0.935. The lowest BCUT2D eigenvalue weighted by Crippen LogP contribution is -2.37. The van der Waals surface area contributed by atoms with E-state index in [0.717, 1.165) is 43.1 Å². The topological polar surface area (TPSA) is 60.2 Å². The molecule has 2 heterocycles. The molecular weight excluding hydrogens is 266 g/mol. The molecule has 5 heteroatoms.